The van der Waals surface area contributed by atoms with E-state index in [4.69, 9.17) is 4.74 Å². The van der Waals surface area contributed by atoms with Crippen LogP contribution < -0.4 is 11.2 Å². The summed E-state index contributed by atoms with van der Waals surface area (Å²) in [6, 6.07) is 0. The van der Waals surface area contributed by atoms with Gasteiger partial charge < -0.3 is 9.84 Å². The van der Waals surface area contributed by atoms with Gasteiger partial charge in [-0.2, -0.15) is 4.39 Å². The van der Waals surface area contributed by atoms with Gasteiger partial charge in [-0.05, 0) is 31.6 Å². The second-order valence-electron chi connectivity index (χ2n) is 6.52. The van der Waals surface area contributed by atoms with Gasteiger partial charge in [0, 0.05) is 6.61 Å². The van der Waals surface area contributed by atoms with Crippen LogP contribution in [0, 0.1) is 11.7 Å². The molecule has 1 aromatic heterocycles. The molecule has 0 aromatic carbocycles. The number of ether oxygens (including phenoxy) is 1. The quantitative estimate of drug-likeness (QED) is 0.908. The maximum atomic E-state index is 13.9. The molecule has 1 N–H and O–H groups in total. The largest absolute Gasteiger partial charge is 0.391 e. The zero-order valence-electron chi connectivity index (χ0n) is 13.1. The van der Waals surface area contributed by atoms with E-state index in [-0.39, 0.29) is 12.5 Å². The first-order valence-electron chi connectivity index (χ1n) is 8.39. The molecule has 2 fully saturated rings. The molecule has 23 heavy (non-hydrogen) atoms. The summed E-state index contributed by atoms with van der Waals surface area (Å²) in [7, 11) is 0. The van der Waals surface area contributed by atoms with Gasteiger partial charge in [-0.25, -0.2) is 4.79 Å². The van der Waals surface area contributed by atoms with Crippen molar-refractivity contribution in [1.82, 2.24) is 9.13 Å². The molecule has 0 unspecified atom stereocenters. The van der Waals surface area contributed by atoms with Crippen LogP contribution in [-0.2, 0) is 11.3 Å². The smallest absolute Gasteiger partial charge is 0.333 e. The van der Waals surface area contributed by atoms with Crippen LogP contribution in [0.3, 0.4) is 0 Å². The average Bonchev–Trinajstić information content (AvgIpc) is 3.10. The Hall–Kier alpha value is -1.47. The number of halogens is 1. The number of aromatic nitrogens is 2. The molecule has 2 aliphatic rings. The van der Waals surface area contributed by atoms with E-state index in [2.05, 4.69) is 0 Å². The fourth-order valence-corrected chi connectivity index (χ4v) is 3.59. The highest BCUT2D eigenvalue weighted by atomic mass is 19.1. The van der Waals surface area contributed by atoms with Crippen molar-refractivity contribution in [2.75, 3.05) is 6.61 Å². The van der Waals surface area contributed by atoms with E-state index < -0.39 is 29.4 Å². The van der Waals surface area contributed by atoms with E-state index in [1.807, 2.05) is 0 Å². The van der Waals surface area contributed by atoms with Gasteiger partial charge in [0.2, 0.25) is 5.82 Å². The van der Waals surface area contributed by atoms with E-state index in [1.54, 1.807) is 0 Å². The summed E-state index contributed by atoms with van der Waals surface area (Å²) >= 11 is 0. The molecule has 0 spiro atoms. The van der Waals surface area contributed by atoms with Crippen LogP contribution in [0.5, 0.6) is 0 Å². The van der Waals surface area contributed by atoms with Crippen molar-refractivity contribution >= 4 is 0 Å². The van der Waals surface area contributed by atoms with Gasteiger partial charge in [0.25, 0.3) is 5.56 Å². The van der Waals surface area contributed by atoms with E-state index in [9.17, 15) is 19.1 Å². The van der Waals surface area contributed by atoms with Crippen LogP contribution in [0.15, 0.2) is 15.8 Å². The molecular formula is C16H23FN2O4. The van der Waals surface area contributed by atoms with Crippen molar-refractivity contribution in [2.45, 2.75) is 63.8 Å². The van der Waals surface area contributed by atoms with Gasteiger partial charge >= 0.3 is 5.69 Å². The third-order valence-electron chi connectivity index (χ3n) is 4.93. The zero-order valence-corrected chi connectivity index (χ0v) is 13.1. The molecule has 6 nitrogen and oxygen atoms in total. The second kappa shape index (κ2) is 6.97. The number of rotatable bonds is 4. The maximum Gasteiger partial charge on any atom is 0.333 e. The number of nitrogens with zero attached hydrogens (tertiary/aromatic N) is 2. The average molecular weight is 326 g/mol. The second-order valence-corrected chi connectivity index (χ2v) is 6.52. The Morgan fingerprint density at radius 1 is 1.22 bits per heavy atom. The number of aliphatic hydroxyl groups excluding tert-OH is 1. The first kappa shape index (κ1) is 16.4. The summed E-state index contributed by atoms with van der Waals surface area (Å²) in [5, 5.41) is 10.4. The Bertz CT molecular complexity index is 657. The van der Waals surface area contributed by atoms with E-state index >= 15 is 0 Å². The molecule has 128 valence electrons. The molecule has 0 amide bonds. The van der Waals surface area contributed by atoms with E-state index in [0.29, 0.717) is 13.0 Å². The van der Waals surface area contributed by atoms with Crippen molar-refractivity contribution in [1.29, 1.82) is 0 Å². The van der Waals surface area contributed by atoms with Crippen molar-refractivity contribution in [2.24, 2.45) is 5.92 Å². The Morgan fingerprint density at radius 2 is 1.96 bits per heavy atom. The molecule has 0 bridgehead atoms. The Labute approximate surface area is 133 Å². The highest BCUT2D eigenvalue weighted by Gasteiger charge is 2.26. The minimum absolute atomic E-state index is 0.0643. The third-order valence-corrected chi connectivity index (χ3v) is 4.93. The minimum atomic E-state index is -0.990. The third kappa shape index (κ3) is 3.40. The fraction of sp³-hybridized carbons (Fsp3) is 0.750. The molecule has 2 heterocycles. The van der Waals surface area contributed by atoms with Crippen LogP contribution in [0.4, 0.5) is 4.39 Å². The Kier molecular flexibility index (Phi) is 4.96. The first-order chi connectivity index (χ1) is 11.1. The lowest BCUT2D eigenvalue weighted by Gasteiger charge is -2.27. The van der Waals surface area contributed by atoms with Gasteiger partial charge in [0.15, 0.2) is 0 Å². The van der Waals surface area contributed by atoms with Gasteiger partial charge in [-0.3, -0.25) is 13.9 Å². The molecule has 3 rings (SSSR count). The predicted octanol–water partition coefficient (Wildman–Crippen LogP) is 1.40. The molecule has 1 aromatic rings. The predicted molar refractivity (Wildman–Crippen MR) is 81.7 cm³/mol. The van der Waals surface area contributed by atoms with Crippen molar-refractivity contribution in [3.63, 3.8) is 0 Å². The minimum Gasteiger partial charge on any atom is -0.391 e. The molecule has 1 saturated carbocycles. The van der Waals surface area contributed by atoms with E-state index in [1.165, 1.54) is 0 Å². The first-order valence-corrected chi connectivity index (χ1v) is 8.39. The summed E-state index contributed by atoms with van der Waals surface area (Å²) in [6.45, 7) is 0.357. The lowest BCUT2D eigenvalue weighted by atomic mass is 9.85. The molecular weight excluding hydrogens is 303 g/mol. The van der Waals surface area contributed by atoms with Crippen LogP contribution in [0.2, 0.25) is 0 Å². The number of hydrogen-bond donors (Lipinski definition) is 1. The number of aliphatic hydroxyl groups is 1. The molecule has 0 radical (unpaired) electrons. The summed E-state index contributed by atoms with van der Waals surface area (Å²) in [5.74, 6) is -0.926. The zero-order chi connectivity index (χ0) is 16.4. The van der Waals surface area contributed by atoms with Crippen molar-refractivity contribution < 1.29 is 14.2 Å². The molecule has 1 aliphatic carbocycles. The molecule has 7 heteroatoms. The van der Waals surface area contributed by atoms with Crippen molar-refractivity contribution in [3.05, 3.63) is 32.9 Å². The Balaban J connectivity index is 1.88. The van der Waals surface area contributed by atoms with Gasteiger partial charge in [0.1, 0.15) is 6.23 Å². The van der Waals surface area contributed by atoms with Crippen LogP contribution in [-0.4, -0.2) is 27.0 Å². The monoisotopic (exact) mass is 326 g/mol. The van der Waals surface area contributed by atoms with Crippen LogP contribution in [0.25, 0.3) is 0 Å². The van der Waals surface area contributed by atoms with Gasteiger partial charge in [-0.15, -0.1) is 0 Å². The van der Waals surface area contributed by atoms with Crippen LogP contribution in [0.1, 0.15) is 51.2 Å². The SMILES string of the molecule is O=c1c(F)cn([C@H]2CCCO2)c(=O)n1C[C@H](O)C1CCCCC1. The van der Waals surface area contributed by atoms with Crippen LogP contribution >= 0.6 is 0 Å². The summed E-state index contributed by atoms with van der Waals surface area (Å²) in [5.41, 5.74) is -1.59. The van der Waals surface area contributed by atoms with Gasteiger partial charge in [0.05, 0.1) is 18.8 Å². The van der Waals surface area contributed by atoms with Gasteiger partial charge in [-0.1, -0.05) is 19.3 Å². The highest BCUT2D eigenvalue weighted by Crippen LogP contribution is 2.27. The summed E-state index contributed by atoms with van der Waals surface area (Å²) in [6.07, 6.45) is 5.98. The maximum absolute atomic E-state index is 13.9. The van der Waals surface area contributed by atoms with Crippen molar-refractivity contribution in [3.8, 4) is 0 Å². The van der Waals surface area contributed by atoms with E-state index in [0.717, 1.165) is 53.9 Å². The normalized spacial score (nSPS) is 24.0. The molecule has 1 saturated heterocycles. The highest BCUT2D eigenvalue weighted by molar-refractivity contribution is 4.93. The summed E-state index contributed by atoms with van der Waals surface area (Å²) < 4.78 is 21.3. The lowest BCUT2D eigenvalue weighted by Crippen LogP contribution is -2.45. The molecule has 2 atom stereocenters. The summed E-state index contributed by atoms with van der Waals surface area (Å²) in [4.78, 5) is 24.5. The molecule has 1 aliphatic heterocycles. The fourth-order valence-electron chi connectivity index (χ4n) is 3.59. The topological polar surface area (TPSA) is 73.5 Å². The lowest BCUT2D eigenvalue weighted by molar-refractivity contribution is 0.0448. The Morgan fingerprint density at radius 3 is 2.61 bits per heavy atom. The number of hydrogen-bond acceptors (Lipinski definition) is 4. The standard InChI is InChI=1S/C16H23FN2O4/c17-12-9-18(14-7-4-8-23-14)16(22)19(15(12)21)10-13(20)11-5-2-1-3-6-11/h9,11,13-14,20H,1-8,10H2/t13-,14+/m0/s1.